The van der Waals surface area contributed by atoms with Crippen molar-refractivity contribution in [1.82, 2.24) is 19.2 Å². The van der Waals surface area contributed by atoms with Crippen molar-refractivity contribution in [2.45, 2.75) is 25.3 Å². The number of nitrogens with zero attached hydrogens (tertiary/aromatic N) is 3. The van der Waals surface area contributed by atoms with Crippen molar-refractivity contribution in [2.75, 3.05) is 16.2 Å². The fourth-order valence-corrected chi connectivity index (χ4v) is 7.58. The summed E-state index contributed by atoms with van der Waals surface area (Å²) in [4.78, 5) is 61.8. The third kappa shape index (κ3) is 5.60. The number of amides is 4. The lowest BCUT2D eigenvalue weighted by Crippen LogP contribution is -2.44. The van der Waals surface area contributed by atoms with Gasteiger partial charge in [-0.1, -0.05) is 18.2 Å². The van der Waals surface area contributed by atoms with Crippen LogP contribution >= 0.6 is 11.0 Å². The Balaban J connectivity index is 1.08. The average Bonchev–Trinajstić information content (AvgIpc) is 3.45. The van der Waals surface area contributed by atoms with Gasteiger partial charge in [-0.3, -0.25) is 42.7 Å². The lowest BCUT2D eigenvalue weighted by atomic mass is 10.0. The van der Waals surface area contributed by atoms with Crippen molar-refractivity contribution in [3.05, 3.63) is 88.3 Å². The van der Waals surface area contributed by atoms with E-state index >= 15 is 8.78 Å². The summed E-state index contributed by atoms with van der Waals surface area (Å²) in [5.74, 6) is -4.51. The number of aryl methyl sites for hydroxylation is 1. The van der Waals surface area contributed by atoms with Crippen LogP contribution in [0.4, 0.5) is 20.2 Å². The monoisotopic (exact) mass is 706 g/mol. The Morgan fingerprint density at radius 1 is 0.980 bits per heavy atom. The molecule has 0 saturated carbocycles. The number of rotatable bonds is 6. The van der Waals surface area contributed by atoms with Crippen LogP contribution in [0.5, 0.6) is 5.75 Å². The molecule has 4 amide bonds. The van der Waals surface area contributed by atoms with E-state index in [9.17, 15) is 38.2 Å². The molecule has 50 heavy (non-hydrogen) atoms. The number of phenolic OH excluding ortho intramolecular Hbond substituents is 1. The molecular weight excluding hydrogens is 678 g/mol. The first-order valence-corrected chi connectivity index (χ1v) is 16.7. The van der Waals surface area contributed by atoms with Gasteiger partial charge in [0.05, 0.1) is 17.5 Å². The molecule has 17 heteroatoms. The van der Waals surface area contributed by atoms with Gasteiger partial charge in [-0.15, -0.1) is 0 Å². The summed E-state index contributed by atoms with van der Waals surface area (Å²) in [5, 5.41) is 15.6. The van der Waals surface area contributed by atoms with Gasteiger partial charge in [0.15, 0.2) is 5.82 Å². The maximum absolute atomic E-state index is 15.4. The Morgan fingerprint density at radius 2 is 1.76 bits per heavy atom. The highest BCUT2D eigenvalue weighted by Crippen LogP contribution is 2.50. The zero-order valence-electron chi connectivity index (χ0n) is 26.1. The van der Waals surface area contributed by atoms with Gasteiger partial charge < -0.3 is 10.4 Å². The number of hydrogen-bond acceptors (Lipinski definition) is 9. The van der Waals surface area contributed by atoms with Crippen molar-refractivity contribution < 1.29 is 42.2 Å². The largest absolute Gasteiger partial charge is 0.506 e. The lowest BCUT2D eigenvalue weighted by Gasteiger charge is -2.36. The first-order chi connectivity index (χ1) is 23.7. The van der Waals surface area contributed by atoms with Crippen molar-refractivity contribution in [3.8, 4) is 16.9 Å². The van der Waals surface area contributed by atoms with Crippen LogP contribution in [0.2, 0.25) is 0 Å². The number of benzene rings is 4. The number of fused-ring (bicyclic) bond motifs is 2. The fraction of sp³-hybridized carbons (Fsp3) is 0.182. The minimum absolute atomic E-state index is 0.0196. The van der Waals surface area contributed by atoms with Crippen molar-refractivity contribution in [3.63, 3.8) is 0 Å². The van der Waals surface area contributed by atoms with Crippen LogP contribution < -0.4 is 25.4 Å². The molecule has 0 spiro atoms. The van der Waals surface area contributed by atoms with E-state index in [0.29, 0.717) is 26.5 Å². The number of aromatic hydroxyl groups is 1. The summed E-state index contributed by atoms with van der Waals surface area (Å²) >= 11 is 0. The zero-order chi connectivity index (χ0) is 35.6. The first kappa shape index (κ1) is 32.8. The SMILES string of the molecule is Cn1c(=O)n(C2CCC(=O)NC2=O)c2ccc(-c3ccc(CC(=O)Nc4ccc5c(F)c(N6CC(=O)NS6(O)O)c(O)cc5c4)cc3F)cc21. The quantitative estimate of drug-likeness (QED) is 0.142. The van der Waals surface area contributed by atoms with Crippen LogP contribution in [0.25, 0.3) is 32.9 Å². The van der Waals surface area contributed by atoms with Crippen LogP contribution in [-0.2, 0) is 32.6 Å². The molecule has 2 aliphatic rings. The van der Waals surface area contributed by atoms with Crippen LogP contribution in [0.15, 0.2) is 65.5 Å². The number of piperidine rings is 1. The number of imide groups is 1. The van der Waals surface area contributed by atoms with Gasteiger partial charge in [0.25, 0.3) is 5.91 Å². The molecule has 0 bridgehead atoms. The summed E-state index contributed by atoms with van der Waals surface area (Å²) < 4.78 is 56.4. The van der Waals surface area contributed by atoms with Crippen molar-refractivity contribution in [2.24, 2.45) is 7.05 Å². The van der Waals surface area contributed by atoms with E-state index in [1.807, 2.05) is 4.72 Å². The smallest absolute Gasteiger partial charge is 0.329 e. The number of carbonyl (C=O) groups is 4. The number of phenols is 1. The molecule has 4 aromatic carbocycles. The summed E-state index contributed by atoms with van der Waals surface area (Å²) in [6.07, 6.45) is 0.0594. The highest BCUT2D eigenvalue weighted by Gasteiger charge is 2.38. The molecule has 2 saturated heterocycles. The maximum atomic E-state index is 15.4. The molecule has 2 aliphatic heterocycles. The Kier molecular flexibility index (Phi) is 7.84. The van der Waals surface area contributed by atoms with E-state index in [0.717, 1.165) is 6.07 Å². The standard InChI is InChI=1S/C33H28F2N6O8S/c1-39-25-13-17(3-7-23(25)41(33(39)47)24-8-9-27(43)37-32(24)46)20-5-2-16(10-22(20)34)11-28(44)36-19-4-6-21-18(12-19)14-26(42)31(30(21)35)40-15-29(45)38-50(40,48)49/h2-7,10,12-14,24,42,48-49H,8-9,11,15H2,1H3,(H,36,44)(H,38,45)(H,37,43,46). The van der Waals surface area contributed by atoms with Gasteiger partial charge in [0, 0.05) is 30.1 Å². The number of anilines is 2. The van der Waals surface area contributed by atoms with E-state index in [1.54, 1.807) is 24.3 Å². The molecule has 1 atom stereocenters. The second-order valence-electron chi connectivity index (χ2n) is 12.0. The number of nitrogens with one attached hydrogen (secondary N) is 3. The van der Waals surface area contributed by atoms with Gasteiger partial charge >= 0.3 is 5.69 Å². The topological polar surface area (TPSA) is 195 Å². The van der Waals surface area contributed by atoms with Crippen LogP contribution in [-0.4, -0.2) is 53.5 Å². The molecule has 6 N–H and O–H groups in total. The predicted molar refractivity (Wildman–Crippen MR) is 180 cm³/mol. The van der Waals surface area contributed by atoms with E-state index in [-0.39, 0.29) is 41.3 Å². The minimum Gasteiger partial charge on any atom is -0.506 e. The van der Waals surface area contributed by atoms with E-state index in [1.165, 1.54) is 46.5 Å². The van der Waals surface area contributed by atoms with Crippen molar-refractivity contribution in [1.29, 1.82) is 0 Å². The molecule has 5 aromatic rings. The second kappa shape index (κ2) is 12.0. The molecule has 1 aromatic heterocycles. The first-order valence-electron chi connectivity index (χ1n) is 15.2. The number of carbonyl (C=O) groups excluding carboxylic acids is 4. The number of halogens is 2. The van der Waals surface area contributed by atoms with E-state index in [4.69, 9.17) is 0 Å². The number of aromatic nitrogens is 2. The summed E-state index contributed by atoms with van der Waals surface area (Å²) in [5.41, 5.74) is 1.16. The van der Waals surface area contributed by atoms with Gasteiger partial charge in [0.2, 0.25) is 17.7 Å². The summed E-state index contributed by atoms with van der Waals surface area (Å²) in [6, 6.07) is 13.6. The molecule has 14 nitrogen and oxygen atoms in total. The third-order valence-electron chi connectivity index (χ3n) is 8.73. The molecule has 1 unspecified atom stereocenters. The second-order valence-corrected chi connectivity index (χ2v) is 13.7. The van der Waals surface area contributed by atoms with Crippen molar-refractivity contribution >= 4 is 67.8 Å². The molecule has 258 valence electrons. The Bertz CT molecular complexity index is 2370. The Labute approximate surface area is 282 Å². The molecule has 2 fully saturated rings. The maximum Gasteiger partial charge on any atom is 0.329 e. The third-order valence-corrected chi connectivity index (χ3v) is 10.2. The highest BCUT2D eigenvalue weighted by molar-refractivity contribution is 8.24. The van der Waals surface area contributed by atoms with E-state index in [2.05, 4.69) is 10.6 Å². The number of hydrogen-bond donors (Lipinski definition) is 6. The van der Waals surface area contributed by atoms with Gasteiger partial charge in [-0.05, 0) is 76.4 Å². The van der Waals surface area contributed by atoms with Gasteiger partial charge in [-0.25, -0.2) is 22.6 Å². The normalized spacial score (nSPS) is 18.0. The number of imidazole rings is 1. The van der Waals surface area contributed by atoms with Gasteiger partial charge in [-0.2, -0.15) is 0 Å². The Morgan fingerprint density at radius 3 is 2.46 bits per heavy atom. The van der Waals surface area contributed by atoms with Crippen LogP contribution in [0, 0.1) is 11.6 Å². The molecule has 3 heterocycles. The molecular formula is C33H28F2N6O8S. The van der Waals surface area contributed by atoms with Crippen LogP contribution in [0.1, 0.15) is 24.4 Å². The molecule has 0 aliphatic carbocycles. The van der Waals surface area contributed by atoms with Gasteiger partial charge in [0.1, 0.15) is 29.8 Å². The average molecular weight is 707 g/mol. The molecule has 0 radical (unpaired) electrons. The lowest BCUT2D eigenvalue weighted by molar-refractivity contribution is -0.135. The fourth-order valence-electron chi connectivity index (χ4n) is 6.37. The minimum atomic E-state index is -3.88. The Hall–Kier alpha value is -5.78. The van der Waals surface area contributed by atoms with Crippen LogP contribution in [0.3, 0.4) is 0 Å². The predicted octanol–water partition coefficient (Wildman–Crippen LogP) is 3.82. The highest BCUT2D eigenvalue weighted by atomic mass is 32.3. The van der Waals surface area contributed by atoms with E-state index < -0.39 is 75.9 Å². The summed E-state index contributed by atoms with van der Waals surface area (Å²) in [6.45, 7) is -0.578. The molecule has 7 rings (SSSR count). The summed E-state index contributed by atoms with van der Waals surface area (Å²) in [7, 11) is -2.35. The zero-order valence-corrected chi connectivity index (χ0v) is 26.9.